The molecule has 0 aliphatic carbocycles. The number of aryl methyl sites for hydroxylation is 1. The summed E-state index contributed by atoms with van der Waals surface area (Å²) in [6.45, 7) is 1.93. The maximum Gasteiger partial charge on any atom is 0.213 e. The number of amides is 2. The summed E-state index contributed by atoms with van der Waals surface area (Å²) in [6, 6.07) is 7.46. The van der Waals surface area contributed by atoms with Crippen LogP contribution in [-0.4, -0.2) is 27.5 Å². The molecule has 0 saturated heterocycles. The average molecular weight is 240 g/mol. The molecule has 0 aliphatic heterocycles. The standard InChI is InChI=1S/C12H14B2N2O2/c1-8-3-2-4-9(5-8)12(15-10(17)6-13)16-11(18)7-14/h2-5,12H,6-7H2,1H3,(H,15,17)(H,16,18). The van der Waals surface area contributed by atoms with Gasteiger partial charge in [-0.15, -0.1) is 0 Å². The van der Waals surface area contributed by atoms with Gasteiger partial charge in [-0.25, -0.2) is 0 Å². The van der Waals surface area contributed by atoms with Crippen LogP contribution >= 0.6 is 0 Å². The van der Waals surface area contributed by atoms with Crippen LogP contribution in [0.25, 0.3) is 0 Å². The fourth-order valence-electron chi connectivity index (χ4n) is 1.49. The molecule has 18 heavy (non-hydrogen) atoms. The molecule has 0 fully saturated rings. The van der Waals surface area contributed by atoms with Crippen molar-refractivity contribution in [3.63, 3.8) is 0 Å². The van der Waals surface area contributed by atoms with E-state index in [1.807, 2.05) is 31.2 Å². The van der Waals surface area contributed by atoms with E-state index < -0.39 is 6.17 Å². The fraction of sp³-hybridized carbons (Fsp3) is 0.333. The van der Waals surface area contributed by atoms with Crippen LogP contribution in [0, 0.1) is 6.92 Å². The summed E-state index contributed by atoms with van der Waals surface area (Å²) < 4.78 is 0. The lowest BCUT2D eigenvalue weighted by Gasteiger charge is -2.20. The van der Waals surface area contributed by atoms with Crippen molar-refractivity contribution in [3.05, 3.63) is 35.4 Å². The van der Waals surface area contributed by atoms with Crippen LogP contribution in [0.3, 0.4) is 0 Å². The van der Waals surface area contributed by atoms with Crippen LogP contribution in [0.2, 0.25) is 12.6 Å². The highest BCUT2D eigenvalue weighted by molar-refractivity contribution is 6.20. The molecular weight excluding hydrogens is 226 g/mol. The molecule has 0 unspecified atom stereocenters. The van der Waals surface area contributed by atoms with Gasteiger partial charge in [0.25, 0.3) is 0 Å². The van der Waals surface area contributed by atoms with Crippen molar-refractivity contribution in [2.45, 2.75) is 25.7 Å². The van der Waals surface area contributed by atoms with Crippen molar-refractivity contribution in [2.24, 2.45) is 0 Å². The summed E-state index contributed by atoms with van der Waals surface area (Å²) in [7, 11) is 10.5. The van der Waals surface area contributed by atoms with Gasteiger partial charge in [0.2, 0.25) is 11.8 Å². The van der Waals surface area contributed by atoms with Gasteiger partial charge in [-0.3, -0.25) is 9.59 Å². The predicted octanol–water partition coefficient (Wildman–Crippen LogP) is 0.400. The van der Waals surface area contributed by atoms with E-state index in [-0.39, 0.29) is 24.5 Å². The first kappa shape index (κ1) is 14.4. The Kier molecular flexibility index (Phi) is 5.49. The Balaban J connectivity index is 2.88. The van der Waals surface area contributed by atoms with Crippen LogP contribution in [0.15, 0.2) is 24.3 Å². The topological polar surface area (TPSA) is 58.2 Å². The van der Waals surface area contributed by atoms with Crippen LogP contribution in [0.4, 0.5) is 0 Å². The Morgan fingerprint density at radius 3 is 2.17 bits per heavy atom. The molecule has 2 amide bonds. The highest BCUT2D eigenvalue weighted by atomic mass is 16.2. The summed E-state index contributed by atoms with van der Waals surface area (Å²) in [5.74, 6) is -0.697. The Hall–Kier alpha value is -1.71. The van der Waals surface area contributed by atoms with Crippen molar-refractivity contribution < 1.29 is 9.59 Å². The SMILES string of the molecule is [B]CC(=O)NC(NC(=O)C[B])c1cccc(C)c1. The molecule has 0 bridgehead atoms. The molecule has 0 spiro atoms. The first-order valence-electron chi connectivity index (χ1n) is 5.62. The monoisotopic (exact) mass is 240 g/mol. The fourth-order valence-corrected chi connectivity index (χ4v) is 1.49. The molecule has 2 N–H and O–H groups in total. The molecule has 1 rings (SSSR count). The van der Waals surface area contributed by atoms with Gasteiger partial charge in [0.15, 0.2) is 0 Å². The van der Waals surface area contributed by atoms with Gasteiger partial charge in [0.05, 0.1) is 15.7 Å². The number of hydrogen-bond acceptors (Lipinski definition) is 2. The number of hydrogen-bond donors (Lipinski definition) is 2. The van der Waals surface area contributed by atoms with Gasteiger partial charge in [0.1, 0.15) is 6.17 Å². The molecule has 0 atom stereocenters. The van der Waals surface area contributed by atoms with Crippen molar-refractivity contribution in [2.75, 3.05) is 0 Å². The smallest absolute Gasteiger partial charge is 0.213 e. The van der Waals surface area contributed by atoms with Crippen molar-refractivity contribution >= 4 is 27.5 Å². The quantitative estimate of drug-likeness (QED) is 0.578. The normalized spacial score (nSPS) is 10.1. The number of benzene rings is 1. The summed E-state index contributed by atoms with van der Waals surface area (Å²) >= 11 is 0. The second-order valence-corrected chi connectivity index (χ2v) is 3.89. The van der Waals surface area contributed by atoms with Crippen LogP contribution < -0.4 is 10.6 Å². The maximum atomic E-state index is 11.3. The Morgan fingerprint density at radius 1 is 1.17 bits per heavy atom. The van der Waals surface area contributed by atoms with Crippen LogP contribution in [0.1, 0.15) is 17.3 Å². The third kappa shape index (κ3) is 4.28. The molecule has 1 aromatic rings. The van der Waals surface area contributed by atoms with Crippen molar-refractivity contribution in [1.82, 2.24) is 10.6 Å². The first-order chi connectivity index (χ1) is 8.56. The number of nitrogens with one attached hydrogen (secondary N) is 2. The minimum Gasteiger partial charge on any atom is -0.333 e. The number of carbonyl (C=O) groups excluding carboxylic acids is 2. The molecule has 0 heterocycles. The van der Waals surface area contributed by atoms with Gasteiger partial charge in [-0.1, -0.05) is 29.8 Å². The predicted molar refractivity (Wildman–Crippen MR) is 71.3 cm³/mol. The maximum absolute atomic E-state index is 11.3. The van der Waals surface area contributed by atoms with Crippen LogP contribution in [0.5, 0.6) is 0 Å². The Labute approximate surface area is 109 Å². The molecule has 1 aromatic carbocycles. The summed E-state index contributed by atoms with van der Waals surface area (Å²) in [5, 5.41) is 5.25. The van der Waals surface area contributed by atoms with Crippen molar-refractivity contribution in [3.8, 4) is 0 Å². The minimum absolute atomic E-state index is 0.138. The van der Waals surface area contributed by atoms with E-state index >= 15 is 0 Å². The van der Waals surface area contributed by atoms with E-state index in [1.54, 1.807) is 0 Å². The van der Waals surface area contributed by atoms with Gasteiger partial charge < -0.3 is 10.6 Å². The Morgan fingerprint density at radius 2 is 1.72 bits per heavy atom. The second kappa shape index (κ2) is 6.89. The van der Waals surface area contributed by atoms with Gasteiger partial charge >= 0.3 is 0 Å². The van der Waals surface area contributed by atoms with E-state index in [1.165, 1.54) is 0 Å². The summed E-state index contributed by atoms with van der Waals surface area (Å²) in [4.78, 5) is 22.7. The van der Waals surface area contributed by atoms with Crippen molar-refractivity contribution in [1.29, 1.82) is 0 Å². The van der Waals surface area contributed by atoms with E-state index in [2.05, 4.69) is 10.6 Å². The lowest BCUT2D eigenvalue weighted by molar-refractivity contribution is -0.122. The molecule has 0 aromatic heterocycles. The zero-order chi connectivity index (χ0) is 13.5. The Bertz CT molecular complexity index is 420. The molecule has 4 nitrogen and oxygen atoms in total. The van der Waals surface area contributed by atoms with Crippen LogP contribution in [-0.2, 0) is 9.59 Å². The summed E-state index contributed by atoms with van der Waals surface area (Å²) in [5.41, 5.74) is 1.81. The third-order valence-corrected chi connectivity index (χ3v) is 2.36. The molecule has 6 heteroatoms. The van der Waals surface area contributed by atoms with Gasteiger partial charge in [-0.05, 0) is 25.1 Å². The highest BCUT2D eigenvalue weighted by Crippen LogP contribution is 2.12. The molecule has 0 aliphatic rings. The number of rotatable bonds is 5. The minimum atomic E-state index is -0.614. The lowest BCUT2D eigenvalue weighted by Crippen LogP contribution is -2.40. The molecule has 4 radical (unpaired) electrons. The zero-order valence-corrected chi connectivity index (χ0v) is 10.3. The molecule has 90 valence electrons. The van der Waals surface area contributed by atoms with E-state index in [4.69, 9.17) is 15.7 Å². The van der Waals surface area contributed by atoms with Gasteiger partial charge in [-0.2, -0.15) is 0 Å². The largest absolute Gasteiger partial charge is 0.333 e. The molecule has 0 saturated carbocycles. The number of carbonyl (C=O) groups is 2. The third-order valence-electron chi connectivity index (χ3n) is 2.36. The first-order valence-corrected chi connectivity index (χ1v) is 5.62. The lowest BCUT2D eigenvalue weighted by atomic mass is 10.0. The highest BCUT2D eigenvalue weighted by Gasteiger charge is 2.15. The van der Waals surface area contributed by atoms with E-state index in [0.717, 1.165) is 11.1 Å². The summed E-state index contributed by atoms with van der Waals surface area (Å²) in [6.07, 6.45) is -0.890. The van der Waals surface area contributed by atoms with E-state index in [9.17, 15) is 9.59 Å². The van der Waals surface area contributed by atoms with E-state index in [0.29, 0.717) is 0 Å². The van der Waals surface area contributed by atoms with Gasteiger partial charge in [0, 0.05) is 0 Å². The average Bonchev–Trinajstić information content (AvgIpc) is 2.37. The zero-order valence-electron chi connectivity index (χ0n) is 10.3. The second-order valence-electron chi connectivity index (χ2n) is 3.89. The molecular formula is C12H14B2N2O2.